The van der Waals surface area contributed by atoms with Crippen LogP contribution in [0.1, 0.15) is 62.3 Å². The normalized spacial score (nSPS) is 14.1. The summed E-state index contributed by atoms with van der Waals surface area (Å²) in [6, 6.07) is 0. The summed E-state index contributed by atoms with van der Waals surface area (Å²) in [6.45, 7) is 20.1. The Morgan fingerprint density at radius 3 is 1.05 bits per heavy atom. The third kappa shape index (κ3) is 9.45. The minimum atomic E-state index is 0.239. The Kier molecular flexibility index (Phi) is 10.9. The molecular formula is C17H38O2. The van der Waals surface area contributed by atoms with Crippen LogP contribution in [0, 0.1) is 35.0 Å². The maximum atomic E-state index is 9.03. The minimum Gasteiger partial charge on any atom is -0.396 e. The van der Waals surface area contributed by atoms with E-state index < -0.39 is 0 Å². The van der Waals surface area contributed by atoms with E-state index in [1.54, 1.807) is 0 Å². The highest BCUT2D eigenvalue weighted by Gasteiger charge is 2.26. The Labute approximate surface area is 121 Å². The van der Waals surface area contributed by atoms with Crippen molar-refractivity contribution in [2.45, 2.75) is 62.3 Å². The second-order valence-electron chi connectivity index (χ2n) is 7.73. The number of hydrogen-bond donors (Lipinski definition) is 2. The molecule has 0 aliphatic rings. The maximum Gasteiger partial charge on any atom is 0.0466 e. The van der Waals surface area contributed by atoms with Crippen LogP contribution in [0.15, 0.2) is 0 Å². The molecule has 0 aromatic heterocycles. The minimum absolute atomic E-state index is 0.239. The fraction of sp³-hybridized carbons (Fsp3) is 1.00. The molecular weight excluding hydrogens is 236 g/mol. The van der Waals surface area contributed by atoms with Gasteiger partial charge in [0.05, 0.1) is 0 Å². The summed E-state index contributed by atoms with van der Waals surface area (Å²) in [4.78, 5) is 0. The second kappa shape index (κ2) is 9.77. The Hall–Kier alpha value is -0.0800. The van der Waals surface area contributed by atoms with Gasteiger partial charge in [0.25, 0.3) is 0 Å². The lowest BCUT2D eigenvalue weighted by atomic mass is 9.75. The van der Waals surface area contributed by atoms with E-state index in [1.807, 2.05) is 0 Å². The first-order valence-electron chi connectivity index (χ1n) is 7.70. The molecule has 0 heterocycles. The van der Waals surface area contributed by atoms with Crippen LogP contribution < -0.4 is 0 Å². The van der Waals surface area contributed by atoms with E-state index in [2.05, 4.69) is 62.3 Å². The number of rotatable bonds is 5. The predicted octanol–water partition coefficient (Wildman–Crippen LogP) is 4.20. The van der Waals surface area contributed by atoms with Crippen LogP contribution in [-0.4, -0.2) is 23.4 Å². The first-order chi connectivity index (χ1) is 8.48. The van der Waals surface area contributed by atoms with Crippen molar-refractivity contribution >= 4 is 0 Å². The van der Waals surface area contributed by atoms with Gasteiger partial charge < -0.3 is 10.2 Å². The highest BCUT2D eigenvalue weighted by atomic mass is 16.3. The molecule has 2 heteroatoms. The van der Waals surface area contributed by atoms with Gasteiger partial charge in [0.15, 0.2) is 0 Å². The lowest BCUT2D eigenvalue weighted by molar-refractivity contribution is 0.0923. The van der Waals surface area contributed by atoms with E-state index >= 15 is 0 Å². The Bertz CT molecular complexity index is 194. The van der Waals surface area contributed by atoms with Crippen LogP contribution in [0.5, 0.6) is 0 Å². The predicted molar refractivity (Wildman–Crippen MR) is 85.1 cm³/mol. The van der Waals surface area contributed by atoms with Crippen LogP contribution in [0.3, 0.4) is 0 Å². The smallest absolute Gasteiger partial charge is 0.0466 e. The molecule has 0 rings (SSSR count). The molecule has 0 aromatic rings. The van der Waals surface area contributed by atoms with Gasteiger partial charge in [-0.3, -0.25) is 0 Å². The van der Waals surface area contributed by atoms with Gasteiger partial charge in [-0.2, -0.15) is 0 Å². The van der Waals surface area contributed by atoms with Crippen molar-refractivity contribution in [1.82, 2.24) is 0 Å². The highest BCUT2D eigenvalue weighted by Crippen LogP contribution is 2.31. The van der Waals surface area contributed by atoms with Crippen LogP contribution in [0.25, 0.3) is 0 Å². The zero-order valence-electron chi connectivity index (χ0n) is 14.7. The molecule has 2 N–H and O–H groups in total. The van der Waals surface area contributed by atoms with Crippen molar-refractivity contribution in [2.75, 3.05) is 13.2 Å². The van der Waals surface area contributed by atoms with E-state index in [9.17, 15) is 0 Å². The summed E-state index contributed by atoms with van der Waals surface area (Å²) in [6.07, 6.45) is 0. The van der Waals surface area contributed by atoms with Crippen molar-refractivity contribution in [1.29, 1.82) is 0 Å². The molecule has 19 heavy (non-hydrogen) atoms. The molecule has 0 fully saturated rings. The van der Waals surface area contributed by atoms with Crippen molar-refractivity contribution < 1.29 is 10.2 Å². The molecule has 0 amide bonds. The largest absolute Gasteiger partial charge is 0.396 e. The number of hydrogen-bond acceptors (Lipinski definition) is 2. The number of aliphatic hydroxyl groups excluding tert-OH is 2. The third-order valence-electron chi connectivity index (χ3n) is 4.04. The van der Waals surface area contributed by atoms with Crippen molar-refractivity contribution in [3.63, 3.8) is 0 Å². The lowest BCUT2D eigenvalue weighted by Gasteiger charge is -2.32. The van der Waals surface area contributed by atoms with Gasteiger partial charge in [0, 0.05) is 13.2 Å². The molecule has 118 valence electrons. The Balaban J connectivity index is 0. The second-order valence-corrected chi connectivity index (χ2v) is 7.73. The Morgan fingerprint density at radius 1 is 0.684 bits per heavy atom. The van der Waals surface area contributed by atoms with E-state index in [0.29, 0.717) is 42.8 Å². The molecule has 0 aromatic carbocycles. The summed E-state index contributed by atoms with van der Waals surface area (Å²) >= 11 is 0. The molecule has 0 aliphatic carbocycles. The SMILES string of the molecule is CC(C)C(CO)C(C)(C)C.CC(C)C(CO)C(C)C. The topological polar surface area (TPSA) is 40.5 Å². The summed E-state index contributed by atoms with van der Waals surface area (Å²) < 4.78 is 0. The highest BCUT2D eigenvalue weighted by molar-refractivity contribution is 4.75. The molecule has 1 atom stereocenters. The van der Waals surface area contributed by atoms with E-state index in [0.717, 1.165) is 0 Å². The third-order valence-corrected chi connectivity index (χ3v) is 4.04. The molecule has 0 spiro atoms. The Morgan fingerprint density at radius 2 is 1.05 bits per heavy atom. The maximum absolute atomic E-state index is 9.03. The van der Waals surface area contributed by atoms with E-state index in [-0.39, 0.29) is 5.41 Å². The van der Waals surface area contributed by atoms with Crippen molar-refractivity contribution in [3.8, 4) is 0 Å². The molecule has 1 unspecified atom stereocenters. The van der Waals surface area contributed by atoms with Crippen molar-refractivity contribution in [2.24, 2.45) is 35.0 Å². The van der Waals surface area contributed by atoms with Crippen LogP contribution in [-0.2, 0) is 0 Å². The zero-order valence-corrected chi connectivity index (χ0v) is 14.7. The molecule has 0 radical (unpaired) electrons. The molecule has 0 aliphatic heterocycles. The molecule has 0 saturated carbocycles. The standard InChI is InChI=1S/C9H20O.C8H18O/c1-7(2)8(6-10)9(3,4)5;1-6(2)8(5-9)7(3)4/h7-8,10H,6H2,1-5H3;6-9H,5H2,1-4H3. The van der Waals surface area contributed by atoms with Gasteiger partial charge in [-0.1, -0.05) is 62.3 Å². The van der Waals surface area contributed by atoms with Gasteiger partial charge in [-0.25, -0.2) is 0 Å². The average Bonchev–Trinajstić information content (AvgIpc) is 2.15. The number of aliphatic hydroxyl groups is 2. The van der Waals surface area contributed by atoms with Gasteiger partial charge in [-0.15, -0.1) is 0 Å². The van der Waals surface area contributed by atoms with Crippen LogP contribution in [0.2, 0.25) is 0 Å². The summed E-state index contributed by atoms with van der Waals surface area (Å²) in [7, 11) is 0. The summed E-state index contributed by atoms with van der Waals surface area (Å²) in [5.74, 6) is 2.69. The summed E-state index contributed by atoms with van der Waals surface area (Å²) in [5, 5.41) is 17.9. The zero-order chi connectivity index (χ0) is 15.8. The molecule has 2 nitrogen and oxygen atoms in total. The van der Waals surface area contributed by atoms with Crippen LogP contribution >= 0.6 is 0 Å². The summed E-state index contributed by atoms with van der Waals surface area (Å²) in [5.41, 5.74) is 0.239. The fourth-order valence-electron chi connectivity index (χ4n) is 2.68. The molecule has 0 bridgehead atoms. The quantitative estimate of drug-likeness (QED) is 0.788. The van der Waals surface area contributed by atoms with Gasteiger partial charge in [0.1, 0.15) is 0 Å². The van der Waals surface area contributed by atoms with E-state index in [4.69, 9.17) is 10.2 Å². The first kappa shape index (κ1) is 21.2. The van der Waals surface area contributed by atoms with Crippen LogP contribution in [0.4, 0.5) is 0 Å². The van der Waals surface area contributed by atoms with Crippen molar-refractivity contribution in [3.05, 3.63) is 0 Å². The fourth-order valence-corrected chi connectivity index (χ4v) is 2.68. The van der Waals surface area contributed by atoms with Gasteiger partial charge in [-0.05, 0) is 35.0 Å². The average molecular weight is 274 g/mol. The first-order valence-corrected chi connectivity index (χ1v) is 7.70. The molecule has 0 saturated heterocycles. The van der Waals surface area contributed by atoms with Gasteiger partial charge >= 0.3 is 0 Å². The van der Waals surface area contributed by atoms with Gasteiger partial charge in [0.2, 0.25) is 0 Å². The van der Waals surface area contributed by atoms with E-state index in [1.165, 1.54) is 0 Å². The lowest BCUT2D eigenvalue weighted by Crippen LogP contribution is -2.28. The monoisotopic (exact) mass is 274 g/mol.